The molecule has 122 valence electrons. The summed E-state index contributed by atoms with van der Waals surface area (Å²) in [5, 5.41) is 2.48. The van der Waals surface area contributed by atoms with E-state index in [9.17, 15) is 0 Å². The summed E-state index contributed by atoms with van der Waals surface area (Å²) >= 11 is 0. The first kappa shape index (κ1) is 13.7. The van der Waals surface area contributed by atoms with E-state index in [1.54, 1.807) is 0 Å². The van der Waals surface area contributed by atoms with Crippen molar-refractivity contribution in [2.75, 3.05) is 0 Å². The molecule has 0 bridgehead atoms. The average Bonchev–Trinajstić information content (AvgIpc) is 3.05. The quantitative estimate of drug-likeness (QED) is 0.332. The van der Waals surface area contributed by atoms with Crippen molar-refractivity contribution in [2.24, 2.45) is 0 Å². The number of ether oxygens (including phenoxy) is 1. The lowest BCUT2D eigenvalue weighted by molar-refractivity contribution is 0.476. The molecule has 1 aromatic heterocycles. The molecule has 4 aromatic carbocycles. The highest BCUT2D eigenvalue weighted by Crippen LogP contribution is 2.45. The molecule has 0 fully saturated rings. The standard InChI is InChI=1S/C24H15NO/c1-2-7-16(8-3-1)17-13-14-20-19(15-17)18-9-6-12-23-24(18)25(20)21-10-4-5-11-22(21)26-23/h1-15H. The zero-order valence-corrected chi connectivity index (χ0v) is 14.0. The summed E-state index contributed by atoms with van der Waals surface area (Å²) < 4.78 is 8.50. The fourth-order valence-electron chi connectivity index (χ4n) is 4.03. The van der Waals surface area contributed by atoms with Gasteiger partial charge in [0.1, 0.15) is 0 Å². The van der Waals surface area contributed by atoms with E-state index in [4.69, 9.17) is 4.74 Å². The zero-order chi connectivity index (χ0) is 17.1. The number of rotatable bonds is 1. The van der Waals surface area contributed by atoms with Crippen LogP contribution in [-0.4, -0.2) is 4.57 Å². The normalized spacial score (nSPS) is 12.2. The van der Waals surface area contributed by atoms with E-state index < -0.39 is 0 Å². The zero-order valence-electron chi connectivity index (χ0n) is 14.0. The molecule has 26 heavy (non-hydrogen) atoms. The van der Waals surface area contributed by atoms with Gasteiger partial charge in [0.15, 0.2) is 11.5 Å². The van der Waals surface area contributed by atoms with Crippen LogP contribution in [0.1, 0.15) is 0 Å². The SMILES string of the molecule is c1ccc(-c2ccc3c(c2)c2cccc4c2n3-c2ccccc2O4)cc1. The third kappa shape index (κ3) is 1.76. The van der Waals surface area contributed by atoms with Crippen molar-refractivity contribution in [3.8, 4) is 28.3 Å². The molecule has 5 aromatic rings. The molecule has 0 atom stereocenters. The molecule has 2 heteroatoms. The maximum absolute atomic E-state index is 6.17. The molecule has 0 amide bonds. The number of hydrogen-bond donors (Lipinski definition) is 0. The molecule has 0 N–H and O–H groups in total. The fraction of sp³-hybridized carbons (Fsp3) is 0. The molecule has 1 aliphatic heterocycles. The Morgan fingerprint density at radius 1 is 0.577 bits per heavy atom. The van der Waals surface area contributed by atoms with Gasteiger partial charge in [-0.15, -0.1) is 0 Å². The summed E-state index contributed by atoms with van der Waals surface area (Å²) in [7, 11) is 0. The molecule has 0 aliphatic carbocycles. The first-order chi connectivity index (χ1) is 12.9. The molecule has 6 rings (SSSR count). The van der Waals surface area contributed by atoms with Crippen molar-refractivity contribution in [3.63, 3.8) is 0 Å². The molecule has 0 unspecified atom stereocenters. The minimum atomic E-state index is 0.900. The number of fused-ring (bicyclic) bond motifs is 5. The van der Waals surface area contributed by atoms with Crippen LogP contribution in [0.15, 0.2) is 91.0 Å². The summed E-state index contributed by atoms with van der Waals surface area (Å²) in [5.74, 6) is 1.82. The van der Waals surface area contributed by atoms with E-state index in [1.165, 1.54) is 27.4 Å². The second-order valence-corrected chi connectivity index (χ2v) is 6.66. The predicted octanol–water partition coefficient (Wildman–Crippen LogP) is 6.56. The van der Waals surface area contributed by atoms with Crippen LogP contribution in [0, 0.1) is 0 Å². The highest BCUT2D eigenvalue weighted by Gasteiger charge is 2.23. The second kappa shape index (κ2) is 4.99. The van der Waals surface area contributed by atoms with Crippen LogP contribution in [0.25, 0.3) is 38.6 Å². The van der Waals surface area contributed by atoms with Crippen molar-refractivity contribution in [3.05, 3.63) is 91.0 Å². The van der Waals surface area contributed by atoms with E-state index >= 15 is 0 Å². The molecule has 0 saturated carbocycles. The largest absolute Gasteiger partial charge is 0.453 e. The van der Waals surface area contributed by atoms with Crippen molar-refractivity contribution in [1.82, 2.24) is 4.57 Å². The van der Waals surface area contributed by atoms with E-state index in [0.717, 1.165) is 22.7 Å². The number of para-hydroxylation sites is 3. The second-order valence-electron chi connectivity index (χ2n) is 6.66. The Kier molecular flexibility index (Phi) is 2.64. The van der Waals surface area contributed by atoms with Gasteiger partial charge in [-0.05, 0) is 41.5 Å². The fourth-order valence-corrected chi connectivity index (χ4v) is 4.03. The summed E-state index contributed by atoms with van der Waals surface area (Å²) in [5.41, 5.74) is 5.92. The van der Waals surface area contributed by atoms with Crippen molar-refractivity contribution < 1.29 is 4.74 Å². The summed E-state index contributed by atoms with van der Waals surface area (Å²) in [6, 6.07) is 31.8. The van der Waals surface area contributed by atoms with Gasteiger partial charge in [0, 0.05) is 10.8 Å². The lowest BCUT2D eigenvalue weighted by Gasteiger charge is -2.20. The maximum atomic E-state index is 6.17. The van der Waals surface area contributed by atoms with Gasteiger partial charge in [-0.3, -0.25) is 0 Å². The van der Waals surface area contributed by atoms with Crippen LogP contribution in [0.5, 0.6) is 11.5 Å². The molecule has 0 spiro atoms. The Morgan fingerprint density at radius 2 is 1.38 bits per heavy atom. The molecule has 2 nitrogen and oxygen atoms in total. The minimum Gasteiger partial charge on any atom is -0.453 e. The first-order valence-corrected chi connectivity index (χ1v) is 8.80. The third-order valence-corrected chi connectivity index (χ3v) is 5.18. The summed E-state index contributed by atoms with van der Waals surface area (Å²) in [6.07, 6.45) is 0. The highest BCUT2D eigenvalue weighted by molar-refractivity contribution is 6.13. The van der Waals surface area contributed by atoms with Crippen LogP contribution >= 0.6 is 0 Å². The maximum Gasteiger partial charge on any atom is 0.152 e. The molecular weight excluding hydrogens is 318 g/mol. The van der Waals surface area contributed by atoms with Gasteiger partial charge in [-0.2, -0.15) is 0 Å². The Hall–Kier alpha value is -3.52. The van der Waals surface area contributed by atoms with Crippen LogP contribution in [0.4, 0.5) is 0 Å². The molecule has 0 saturated heterocycles. The van der Waals surface area contributed by atoms with Crippen molar-refractivity contribution >= 4 is 21.8 Å². The van der Waals surface area contributed by atoms with Crippen molar-refractivity contribution in [2.45, 2.75) is 0 Å². The Bertz CT molecular complexity index is 1300. The number of hydrogen-bond acceptors (Lipinski definition) is 1. The molecule has 2 heterocycles. The lowest BCUT2D eigenvalue weighted by Crippen LogP contribution is -2.03. The van der Waals surface area contributed by atoms with E-state index in [-0.39, 0.29) is 0 Å². The Morgan fingerprint density at radius 3 is 2.31 bits per heavy atom. The van der Waals surface area contributed by atoms with Gasteiger partial charge in [-0.25, -0.2) is 0 Å². The third-order valence-electron chi connectivity index (χ3n) is 5.18. The minimum absolute atomic E-state index is 0.900. The van der Waals surface area contributed by atoms with E-state index in [0.29, 0.717) is 0 Å². The summed E-state index contributed by atoms with van der Waals surface area (Å²) in [4.78, 5) is 0. The van der Waals surface area contributed by atoms with E-state index in [1.807, 2.05) is 18.2 Å². The van der Waals surface area contributed by atoms with Gasteiger partial charge >= 0.3 is 0 Å². The van der Waals surface area contributed by atoms with Gasteiger partial charge in [0.05, 0.1) is 16.7 Å². The molecule has 0 radical (unpaired) electrons. The van der Waals surface area contributed by atoms with Gasteiger partial charge in [0.2, 0.25) is 0 Å². The number of nitrogens with zero attached hydrogens (tertiary/aromatic N) is 1. The lowest BCUT2D eigenvalue weighted by atomic mass is 10.0. The topological polar surface area (TPSA) is 14.2 Å². The number of benzene rings is 4. The smallest absolute Gasteiger partial charge is 0.152 e. The average molecular weight is 333 g/mol. The van der Waals surface area contributed by atoms with Crippen LogP contribution in [-0.2, 0) is 0 Å². The van der Waals surface area contributed by atoms with Crippen LogP contribution in [0.3, 0.4) is 0 Å². The van der Waals surface area contributed by atoms with Crippen molar-refractivity contribution in [1.29, 1.82) is 0 Å². The van der Waals surface area contributed by atoms with Gasteiger partial charge in [-0.1, -0.05) is 60.7 Å². The van der Waals surface area contributed by atoms with Crippen LogP contribution in [0.2, 0.25) is 0 Å². The first-order valence-electron chi connectivity index (χ1n) is 8.80. The van der Waals surface area contributed by atoms with Gasteiger partial charge < -0.3 is 9.30 Å². The van der Waals surface area contributed by atoms with Gasteiger partial charge in [0.25, 0.3) is 0 Å². The molecular formula is C24H15NO. The monoisotopic (exact) mass is 333 g/mol. The number of aromatic nitrogens is 1. The Labute approximate surface area is 150 Å². The highest BCUT2D eigenvalue weighted by atomic mass is 16.5. The van der Waals surface area contributed by atoms with E-state index in [2.05, 4.69) is 77.4 Å². The Balaban J connectivity index is 1.75. The summed E-state index contributed by atoms with van der Waals surface area (Å²) in [6.45, 7) is 0. The molecule has 1 aliphatic rings. The predicted molar refractivity (Wildman–Crippen MR) is 106 cm³/mol. The van der Waals surface area contributed by atoms with Crippen LogP contribution < -0.4 is 4.74 Å².